The van der Waals surface area contributed by atoms with E-state index < -0.39 is 5.97 Å². The van der Waals surface area contributed by atoms with Gasteiger partial charge in [-0.3, -0.25) is 4.79 Å². The highest BCUT2D eigenvalue weighted by molar-refractivity contribution is 7.15. The second-order valence-electron chi connectivity index (χ2n) is 10.4. The van der Waals surface area contributed by atoms with Gasteiger partial charge in [-0.25, -0.2) is 4.79 Å². The van der Waals surface area contributed by atoms with Gasteiger partial charge in [-0.2, -0.15) is 0 Å². The van der Waals surface area contributed by atoms with Gasteiger partial charge in [-0.15, -0.1) is 11.3 Å². The molecule has 0 spiro atoms. The Morgan fingerprint density at radius 2 is 1.84 bits per heavy atom. The van der Waals surface area contributed by atoms with Crippen molar-refractivity contribution < 1.29 is 19.8 Å². The first-order chi connectivity index (χ1) is 15.0. The molecule has 3 rings (SSSR count). The molecule has 0 radical (unpaired) electrons. The Morgan fingerprint density at radius 1 is 1.19 bits per heavy atom. The van der Waals surface area contributed by atoms with Crippen molar-refractivity contribution in [1.82, 2.24) is 0 Å². The summed E-state index contributed by atoms with van der Waals surface area (Å²) in [7, 11) is 0. The molecule has 1 heterocycles. The number of carbonyl (C=O) groups excluding carboxylic acids is 1. The van der Waals surface area contributed by atoms with E-state index in [1.54, 1.807) is 11.0 Å². The van der Waals surface area contributed by atoms with Crippen molar-refractivity contribution in [2.24, 2.45) is 17.3 Å². The number of hydrogen-bond donors (Lipinski definition) is 2. The molecule has 2 aliphatic carbocycles. The number of rotatable bonds is 4. The number of thiophene rings is 1. The molecule has 1 aromatic heterocycles. The van der Waals surface area contributed by atoms with Crippen LogP contribution in [0, 0.1) is 29.1 Å². The van der Waals surface area contributed by atoms with E-state index in [1.807, 2.05) is 20.8 Å². The summed E-state index contributed by atoms with van der Waals surface area (Å²) >= 11 is 1.14. The fraction of sp³-hybridized carbons (Fsp3) is 0.615. The van der Waals surface area contributed by atoms with Crippen LogP contribution in [0.5, 0.6) is 0 Å². The first-order valence-electron chi connectivity index (χ1n) is 11.5. The number of carboxylic acid groups (broad SMARTS) is 1. The predicted molar refractivity (Wildman–Crippen MR) is 129 cm³/mol. The zero-order valence-corrected chi connectivity index (χ0v) is 20.6. The van der Waals surface area contributed by atoms with Gasteiger partial charge in [0.05, 0.1) is 16.7 Å². The maximum absolute atomic E-state index is 13.9. The van der Waals surface area contributed by atoms with Crippen LogP contribution in [0.4, 0.5) is 5.69 Å². The second-order valence-corrected chi connectivity index (χ2v) is 11.4. The molecule has 6 heteroatoms. The number of nitrogens with zero attached hydrogens (tertiary/aromatic N) is 1. The monoisotopic (exact) mass is 457 g/mol. The summed E-state index contributed by atoms with van der Waals surface area (Å²) in [5.74, 6) is 5.29. The number of amides is 1. The van der Waals surface area contributed by atoms with Gasteiger partial charge >= 0.3 is 5.97 Å². The van der Waals surface area contributed by atoms with E-state index in [0.717, 1.165) is 17.8 Å². The second kappa shape index (κ2) is 9.80. The van der Waals surface area contributed by atoms with Crippen molar-refractivity contribution in [1.29, 1.82) is 0 Å². The van der Waals surface area contributed by atoms with Crippen molar-refractivity contribution in [2.75, 3.05) is 4.90 Å². The normalized spacial score (nSPS) is 26.0. The standard InChI is InChI=1S/C26H35NO4S/c1-16-6-11-21(17(2)14-16)24(29)27(18-7-9-19(28)10-8-18)22-15-20(12-13-26(3,4)5)32-23(22)25(30)31/h6,15,17-19,21,28H,7-11,14H2,1-5H3,(H,30,31). The number of carboxylic acids is 1. The first-order valence-corrected chi connectivity index (χ1v) is 12.3. The minimum atomic E-state index is -1.03. The maximum atomic E-state index is 13.9. The van der Waals surface area contributed by atoms with Crippen molar-refractivity contribution >= 4 is 28.9 Å². The fourth-order valence-electron chi connectivity index (χ4n) is 4.65. The van der Waals surface area contributed by atoms with Gasteiger partial charge < -0.3 is 15.1 Å². The first kappa shape index (κ1) is 24.5. The van der Waals surface area contributed by atoms with E-state index in [2.05, 4.69) is 31.8 Å². The van der Waals surface area contributed by atoms with E-state index in [1.165, 1.54) is 5.57 Å². The van der Waals surface area contributed by atoms with Gasteiger partial charge in [0.25, 0.3) is 0 Å². The molecule has 0 aliphatic heterocycles. The van der Waals surface area contributed by atoms with Gasteiger partial charge in [0.15, 0.2) is 0 Å². The van der Waals surface area contributed by atoms with Crippen LogP contribution < -0.4 is 4.90 Å². The van der Waals surface area contributed by atoms with E-state index >= 15 is 0 Å². The molecular weight excluding hydrogens is 422 g/mol. The Morgan fingerprint density at radius 3 is 2.41 bits per heavy atom. The molecule has 32 heavy (non-hydrogen) atoms. The molecule has 2 N–H and O–H groups in total. The Hall–Kier alpha value is -2.10. The smallest absolute Gasteiger partial charge is 0.348 e. The number of aromatic carboxylic acids is 1. The fourth-order valence-corrected chi connectivity index (χ4v) is 5.49. The van der Waals surface area contributed by atoms with E-state index in [4.69, 9.17) is 0 Å². The van der Waals surface area contributed by atoms with Crippen LogP contribution >= 0.6 is 11.3 Å². The average Bonchev–Trinajstić information content (AvgIpc) is 3.12. The van der Waals surface area contributed by atoms with Gasteiger partial charge in [-0.1, -0.05) is 30.4 Å². The molecule has 1 saturated carbocycles. The zero-order chi connectivity index (χ0) is 23.6. The third-order valence-corrected chi connectivity index (χ3v) is 7.39. The molecule has 2 aliphatic rings. The van der Waals surface area contributed by atoms with Crippen LogP contribution in [-0.2, 0) is 4.79 Å². The van der Waals surface area contributed by atoms with Gasteiger partial charge in [0, 0.05) is 17.4 Å². The van der Waals surface area contributed by atoms with Crippen LogP contribution in [0.25, 0.3) is 0 Å². The topological polar surface area (TPSA) is 77.8 Å². The summed E-state index contributed by atoms with van der Waals surface area (Å²) in [6.07, 6.45) is 5.93. The molecule has 0 saturated heterocycles. The minimum absolute atomic E-state index is 0.00160. The van der Waals surface area contributed by atoms with Crippen LogP contribution in [0.15, 0.2) is 17.7 Å². The maximum Gasteiger partial charge on any atom is 0.348 e. The molecule has 2 atom stereocenters. The summed E-state index contributed by atoms with van der Waals surface area (Å²) in [5.41, 5.74) is 1.56. The molecule has 0 aromatic carbocycles. The Labute approximate surface area is 195 Å². The Balaban J connectivity index is 2.04. The number of carbonyl (C=O) groups is 2. The number of allylic oxidation sites excluding steroid dienone is 2. The van der Waals surface area contributed by atoms with Crippen LogP contribution in [0.3, 0.4) is 0 Å². The number of aliphatic hydroxyl groups excluding tert-OH is 1. The average molecular weight is 458 g/mol. The highest BCUT2D eigenvalue weighted by atomic mass is 32.1. The highest BCUT2D eigenvalue weighted by Crippen LogP contribution is 2.39. The minimum Gasteiger partial charge on any atom is -0.477 e. The number of anilines is 1. The summed E-state index contributed by atoms with van der Waals surface area (Å²) in [5, 5.41) is 20.0. The largest absolute Gasteiger partial charge is 0.477 e. The number of hydrogen-bond acceptors (Lipinski definition) is 4. The Bertz CT molecular complexity index is 951. The molecular formula is C26H35NO4S. The summed E-state index contributed by atoms with van der Waals surface area (Å²) in [6, 6.07) is 1.67. The Kier molecular flexibility index (Phi) is 7.52. The zero-order valence-electron chi connectivity index (χ0n) is 19.8. The molecule has 1 fully saturated rings. The molecule has 174 valence electrons. The van der Waals surface area contributed by atoms with E-state index in [-0.39, 0.29) is 40.2 Å². The van der Waals surface area contributed by atoms with Crippen molar-refractivity contribution in [2.45, 2.75) is 85.3 Å². The van der Waals surface area contributed by atoms with E-state index in [0.29, 0.717) is 42.7 Å². The van der Waals surface area contributed by atoms with Crippen LogP contribution in [-0.4, -0.2) is 34.2 Å². The van der Waals surface area contributed by atoms with E-state index in [9.17, 15) is 19.8 Å². The molecule has 0 bridgehead atoms. The van der Waals surface area contributed by atoms with Crippen LogP contribution in [0.1, 0.15) is 87.7 Å². The van der Waals surface area contributed by atoms with Gasteiger partial charge in [0.1, 0.15) is 4.88 Å². The van der Waals surface area contributed by atoms with Crippen LogP contribution in [0.2, 0.25) is 0 Å². The lowest BCUT2D eigenvalue weighted by Gasteiger charge is -2.39. The molecule has 2 unspecified atom stereocenters. The van der Waals surface area contributed by atoms with Crippen molar-refractivity contribution in [3.8, 4) is 11.8 Å². The molecule has 1 amide bonds. The lowest BCUT2D eigenvalue weighted by atomic mass is 9.79. The summed E-state index contributed by atoms with van der Waals surface area (Å²) < 4.78 is 0. The van der Waals surface area contributed by atoms with Gasteiger partial charge in [0.2, 0.25) is 5.91 Å². The summed E-state index contributed by atoms with van der Waals surface area (Å²) in [4.78, 5) is 28.6. The number of aliphatic hydroxyl groups is 1. The summed E-state index contributed by atoms with van der Waals surface area (Å²) in [6.45, 7) is 10.2. The predicted octanol–water partition coefficient (Wildman–Crippen LogP) is 5.47. The highest BCUT2D eigenvalue weighted by Gasteiger charge is 2.38. The lowest BCUT2D eigenvalue weighted by Crippen LogP contribution is -2.48. The van der Waals surface area contributed by atoms with Crippen molar-refractivity contribution in [3.63, 3.8) is 0 Å². The third kappa shape index (κ3) is 5.82. The quantitative estimate of drug-likeness (QED) is 0.464. The van der Waals surface area contributed by atoms with Gasteiger partial charge in [-0.05, 0) is 78.2 Å². The third-order valence-electron chi connectivity index (χ3n) is 6.36. The van der Waals surface area contributed by atoms with Crippen molar-refractivity contribution in [3.05, 3.63) is 27.5 Å². The molecule has 5 nitrogen and oxygen atoms in total. The SMILES string of the molecule is CC1=CCC(C(=O)N(c2cc(C#CC(C)(C)C)sc2C(=O)O)C2CCC(O)CC2)C(C)C1. The lowest BCUT2D eigenvalue weighted by molar-refractivity contribution is -0.124. The molecule has 1 aromatic rings.